The van der Waals surface area contributed by atoms with Crippen LogP contribution in [0.5, 0.6) is 0 Å². The van der Waals surface area contributed by atoms with Gasteiger partial charge in [0.15, 0.2) is 0 Å². The van der Waals surface area contributed by atoms with Crippen LogP contribution in [0, 0.1) is 0 Å². The van der Waals surface area contributed by atoms with Gasteiger partial charge in [0, 0.05) is 24.7 Å². The van der Waals surface area contributed by atoms with Crippen LogP contribution in [0.4, 0.5) is 5.00 Å². The third-order valence-electron chi connectivity index (χ3n) is 3.89. The highest BCUT2D eigenvalue weighted by molar-refractivity contribution is 7.93. The quantitative estimate of drug-likeness (QED) is 0.810. The molecule has 124 valence electrons. The second-order valence-electron chi connectivity index (χ2n) is 5.90. The molecule has 2 heterocycles. The second-order valence-corrected chi connectivity index (χ2v) is 9.54. The zero-order chi connectivity index (χ0) is 16.6. The molecule has 7 heteroatoms. The van der Waals surface area contributed by atoms with Crippen molar-refractivity contribution in [3.05, 3.63) is 40.9 Å². The molecule has 0 spiro atoms. The number of benzene rings is 1. The standard InChI is InChI=1S/C16H19ClN2O2S2/c1-18(2)8-9-19-7-6-12-10-15(22-16(12)19)23(20,21)14-5-3-4-13(17)11-14/h3-5,10-11H,6-9H2,1-2H3. The van der Waals surface area contributed by atoms with E-state index in [9.17, 15) is 8.42 Å². The summed E-state index contributed by atoms with van der Waals surface area (Å²) in [6.07, 6.45) is 0.907. The van der Waals surface area contributed by atoms with E-state index in [1.54, 1.807) is 18.2 Å². The first-order chi connectivity index (χ1) is 10.9. The van der Waals surface area contributed by atoms with Crippen molar-refractivity contribution < 1.29 is 8.42 Å². The Kier molecular flexibility index (Phi) is 4.69. The Hall–Kier alpha value is -1.08. The van der Waals surface area contributed by atoms with Crippen LogP contribution >= 0.6 is 22.9 Å². The lowest BCUT2D eigenvalue weighted by Crippen LogP contribution is -2.29. The number of hydrogen-bond acceptors (Lipinski definition) is 5. The first kappa shape index (κ1) is 16.8. The molecule has 0 saturated carbocycles. The van der Waals surface area contributed by atoms with Gasteiger partial charge in [0.05, 0.1) is 9.90 Å². The van der Waals surface area contributed by atoms with E-state index in [2.05, 4.69) is 9.80 Å². The van der Waals surface area contributed by atoms with E-state index in [4.69, 9.17) is 11.6 Å². The second kappa shape index (κ2) is 6.43. The summed E-state index contributed by atoms with van der Waals surface area (Å²) >= 11 is 7.30. The minimum atomic E-state index is -3.50. The molecule has 1 aromatic heterocycles. The average molecular weight is 371 g/mol. The Bertz CT molecular complexity index is 815. The molecular formula is C16H19ClN2O2S2. The predicted octanol–water partition coefficient (Wildman–Crippen LogP) is 3.16. The number of nitrogens with zero attached hydrogens (tertiary/aromatic N) is 2. The van der Waals surface area contributed by atoms with Crippen LogP contribution in [0.3, 0.4) is 0 Å². The summed E-state index contributed by atoms with van der Waals surface area (Å²) in [4.78, 5) is 4.66. The molecule has 1 aromatic carbocycles. The van der Waals surface area contributed by atoms with Gasteiger partial charge < -0.3 is 9.80 Å². The van der Waals surface area contributed by atoms with Gasteiger partial charge in [-0.2, -0.15) is 0 Å². The minimum Gasteiger partial charge on any atom is -0.362 e. The topological polar surface area (TPSA) is 40.6 Å². The van der Waals surface area contributed by atoms with Gasteiger partial charge in [-0.1, -0.05) is 17.7 Å². The van der Waals surface area contributed by atoms with Crippen molar-refractivity contribution in [3.8, 4) is 0 Å². The predicted molar refractivity (Wildman–Crippen MR) is 95.7 cm³/mol. The molecule has 0 atom stereocenters. The van der Waals surface area contributed by atoms with Crippen molar-refractivity contribution in [1.82, 2.24) is 4.90 Å². The van der Waals surface area contributed by atoms with E-state index in [0.717, 1.165) is 36.6 Å². The summed E-state index contributed by atoms with van der Waals surface area (Å²) in [7, 11) is 0.587. The Morgan fingerprint density at radius 3 is 2.78 bits per heavy atom. The third-order valence-corrected chi connectivity index (χ3v) is 7.59. The number of rotatable bonds is 5. The SMILES string of the molecule is CN(C)CCN1CCc2cc(S(=O)(=O)c3cccc(Cl)c3)sc21. The fraction of sp³-hybridized carbons (Fsp3) is 0.375. The van der Waals surface area contributed by atoms with E-state index in [1.165, 1.54) is 17.4 Å². The summed E-state index contributed by atoms with van der Waals surface area (Å²) in [5.74, 6) is 0. The van der Waals surface area contributed by atoms with Crippen LogP contribution in [-0.4, -0.2) is 47.0 Å². The maximum Gasteiger partial charge on any atom is 0.216 e. The number of sulfone groups is 1. The summed E-state index contributed by atoms with van der Waals surface area (Å²) in [6.45, 7) is 2.83. The molecule has 0 saturated heterocycles. The third kappa shape index (κ3) is 3.40. The lowest BCUT2D eigenvalue weighted by atomic mass is 10.3. The average Bonchev–Trinajstić information content (AvgIpc) is 3.06. The van der Waals surface area contributed by atoms with Gasteiger partial charge in [-0.25, -0.2) is 8.42 Å². The van der Waals surface area contributed by atoms with Gasteiger partial charge in [-0.15, -0.1) is 11.3 Å². The molecule has 0 amide bonds. The molecule has 1 aliphatic heterocycles. The maximum atomic E-state index is 12.8. The van der Waals surface area contributed by atoms with Crippen molar-refractivity contribution in [2.24, 2.45) is 0 Å². The number of thiophene rings is 1. The summed E-state index contributed by atoms with van der Waals surface area (Å²) < 4.78 is 26.0. The van der Waals surface area contributed by atoms with Gasteiger partial charge in [0.1, 0.15) is 4.21 Å². The zero-order valence-electron chi connectivity index (χ0n) is 13.1. The zero-order valence-corrected chi connectivity index (χ0v) is 15.5. The summed E-state index contributed by atoms with van der Waals surface area (Å²) in [6, 6.07) is 8.27. The highest BCUT2D eigenvalue weighted by atomic mass is 35.5. The lowest BCUT2D eigenvalue weighted by Gasteiger charge is -2.20. The number of anilines is 1. The van der Waals surface area contributed by atoms with Crippen LogP contribution in [-0.2, 0) is 16.3 Å². The number of halogens is 1. The van der Waals surface area contributed by atoms with Crippen molar-refractivity contribution in [2.75, 3.05) is 38.6 Å². The van der Waals surface area contributed by atoms with Gasteiger partial charge in [0.2, 0.25) is 9.84 Å². The molecule has 0 bridgehead atoms. The summed E-state index contributed by atoms with van der Waals surface area (Å²) in [5, 5.41) is 1.52. The summed E-state index contributed by atoms with van der Waals surface area (Å²) in [5.41, 5.74) is 1.13. The highest BCUT2D eigenvalue weighted by Gasteiger charge is 2.28. The first-order valence-electron chi connectivity index (χ1n) is 7.41. The van der Waals surface area contributed by atoms with Crippen molar-refractivity contribution in [2.45, 2.75) is 15.5 Å². The van der Waals surface area contributed by atoms with Gasteiger partial charge in [-0.3, -0.25) is 0 Å². The Morgan fingerprint density at radius 2 is 2.09 bits per heavy atom. The molecule has 0 aliphatic carbocycles. The minimum absolute atomic E-state index is 0.254. The van der Waals surface area contributed by atoms with E-state index in [1.807, 2.05) is 20.2 Å². The Morgan fingerprint density at radius 1 is 1.30 bits per heavy atom. The smallest absolute Gasteiger partial charge is 0.216 e. The monoisotopic (exact) mass is 370 g/mol. The normalized spacial score (nSPS) is 14.5. The number of hydrogen-bond donors (Lipinski definition) is 0. The number of fused-ring (bicyclic) bond motifs is 1. The van der Waals surface area contributed by atoms with Gasteiger partial charge in [-0.05, 0) is 50.3 Å². The van der Waals surface area contributed by atoms with Gasteiger partial charge >= 0.3 is 0 Å². The molecular weight excluding hydrogens is 352 g/mol. The van der Waals surface area contributed by atoms with Crippen molar-refractivity contribution in [1.29, 1.82) is 0 Å². The molecule has 2 aromatic rings. The first-order valence-corrected chi connectivity index (χ1v) is 10.1. The van der Waals surface area contributed by atoms with Crippen LogP contribution in [0.2, 0.25) is 5.02 Å². The lowest BCUT2D eigenvalue weighted by molar-refractivity contribution is 0.415. The van der Waals surface area contributed by atoms with E-state index < -0.39 is 9.84 Å². The fourth-order valence-electron chi connectivity index (χ4n) is 2.61. The van der Waals surface area contributed by atoms with Crippen molar-refractivity contribution in [3.63, 3.8) is 0 Å². The van der Waals surface area contributed by atoms with E-state index in [-0.39, 0.29) is 4.90 Å². The molecule has 0 fully saturated rings. The molecule has 0 unspecified atom stereocenters. The Balaban J connectivity index is 1.90. The van der Waals surface area contributed by atoms with Crippen LogP contribution in [0.1, 0.15) is 5.56 Å². The molecule has 4 nitrogen and oxygen atoms in total. The molecule has 23 heavy (non-hydrogen) atoms. The Labute approximate surface area is 146 Å². The molecule has 0 radical (unpaired) electrons. The molecule has 3 rings (SSSR count). The van der Waals surface area contributed by atoms with E-state index in [0.29, 0.717) is 9.23 Å². The maximum absolute atomic E-state index is 12.8. The number of likely N-dealkylation sites (N-methyl/N-ethyl adjacent to an activating group) is 1. The molecule has 0 N–H and O–H groups in total. The van der Waals surface area contributed by atoms with Crippen LogP contribution in [0.25, 0.3) is 0 Å². The van der Waals surface area contributed by atoms with Gasteiger partial charge in [0.25, 0.3) is 0 Å². The molecule has 1 aliphatic rings. The van der Waals surface area contributed by atoms with E-state index >= 15 is 0 Å². The van der Waals surface area contributed by atoms with Crippen molar-refractivity contribution >= 4 is 37.8 Å². The highest BCUT2D eigenvalue weighted by Crippen LogP contribution is 2.40. The van der Waals surface area contributed by atoms with Crippen LogP contribution in [0.15, 0.2) is 39.4 Å². The fourth-order valence-corrected chi connectivity index (χ4v) is 5.90. The largest absolute Gasteiger partial charge is 0.362 e. The van der Waals surface area contributed by atoms with Crippen LogP contribution < -0.4 is 4.90 Å².